The molecule has 5 aromatic rings. The highest BCUT2D eigenvalue weighted by Gasteiger charge is 2.32. The number of nitrogens with one attached hydrogen (secondary N) is 4. The number of fused-ring (bicyclic) bond motifs is 2. The van der Waals surface area contributed by atoms with Crippen LogP contribution in [0.15, 0.2) is 72.8 Å². The van der Waals surface area contributed by atoms with E-state index < -0.39 is 6.04 Å². The molecule has 4 N–H and O–H groups in total. The van der Waals surface area contributed by atoms with E-state index in [2.05, 4.69) is 109 Å². The summed E-state index contributed by atoms with van der Waals surface area (Å²) in [6.45, 7) is 12.6. The molecule has 14 nitrogen and oxygen atoms in total. The Balaban J connectivity index is 0.673. The van der Waals surface area contributed by atoms with Crippen LogP contribution < -0.4 is 20.9 Å². The normalized spacial score (nSPS) is 22.2. The number of aromatic amines is 1. The third kappa shape index (κ3) is 9.65. The number of aromatic nitrogens is 3. The predicted octanol–water partition coefficient (Wildman–Crippen LogP) is 7.09. The second kappa shape index (κ2) is 19.5. The van der Waals surface area contributed by atoms with Crippen molar-refractivity contribution in [3.05, 3.63) is 112 Å². The van der Waals surface area contributed by atoms with Crippen LogP contribution in [0.3, 0.4) is 0 Å². The molecule has 0 bridgehead atoms. The topological polar surface area (TPSA) is 143 Å². The fraction of sp³-hybridized carbons (Fsp3) is 0.472. The molecule has 358 valence electrons. The van der Waals surface area contributed by atoms with Gasteiger partial charge >= 0.3 is 0 Å². The number of anilines is 3. The molecule has 68 heavy (non-hydrogen) atoms. The summed E-state index contributed by atoms with van der Waals surface area (Å²) < 4.78 is 23.0. The van der Waals surface area contributed by atoms with E-state index in [1.165, 1.54) is 34.0 Å². The molecule has 3 atom stereocenters. The molecule has 3 aromatic carbocycles. The van der Waals surface area contributed by atoms with Crippen molar-refractivity contribution >= 4 is 51.5 Å². The highest BCUT2D eigenvalue weighted by atomic mass is 19.1. The highest BCUT2D eigenvalue weighted by molar-refractivity contribution is 6.01. The van der Waals surface area contributed by atoms with Gasteiger partial charge in [0.15, 0.2) is 0 Å². The number of carbonyl (C=O) groups is 3. The van der Waals surface area contributed by atoms with Crippen LogP contribution in [0, 0.1) is 11.7 Å². The largest absolute Gasteiger partial charge is 0.377 e. The minimum Gasteiger partial charge on any atom is -0.377 e. The molecule has 5 aliphatic rings. The lowest BCUT2D eigenvalue weighted by atomic mass is 9.88. The summed E-state index contributed by atoms with van der Waals surface area (Å²) in [5.41, 5.74) is 10.1. The Morgan fingerprint density at radius 2 is 1.71 bits per heavy atom. The number of methoxy groups -OCH3 is 1. The number of likely N-dealkylation sites (tertiary alicyclic amines) is 2. The standard InChI is InChI=1S/C53H65FN10O4/c1-33-25-42(39-9-11-45-47(26-39)58-49(57-45)32-68-4)43-28-41(60(3)51(43)55-33)31-61-19-17-37(18-20-61)36-5-7-38(8-6-36)53(67)62-21-15-35(16-22-62)30-63-23-24-64(29-34(63)2)48-13-10-40(27-44(48)54)56-46-12-14-50(65)59-52(46)66/h5-11,13,25-28,33-35,37,46,55-56H,12,14-24,29-32H2,1-4H3,(H,57,58)(H,59,65,66). The van der Waals surface area contributed by atoms with Gasteiger partial charge in [-0.05, 0) is 136 Å². The van der Waals surface area contributed by atoms with Crippen molar-refractivity contribution in [1.82, 2.24) is 34.6 Å². The van der Waals surface area contributed by atoms with Crippen molar-refractivity contribution in [3.63, 3.8) is 0 Å². The van der Waals surface area contributed by atoms with Crippen LogP contribution in [0.2, 0.25) is 0 Å². The Morgan fingerprint density at radius 1 is 0.912 bits per heavy atom. The van der Waals surface area contributed by atoms with E-state index in [9.17, 15) is 14.4 Å². The van der Waals surface area contributed by atoms with Crippen LogP contribution >= 0.6 is 0 Å². The molecule has 5 aliphatic heterocycles. The van der Waals surface area contributed by atoms with Gasteiger partial charge < -0.3 is 34.7 Å². The van der Waals surface area contributed by atoms with Gasteiger partial charge in [0, 0.05) is 101 Å². The zero-order chi connectivity index (χ0) is 47.1. The van der Waals surface area contributed by atoms with Gasteiger partial charge in [0.25, 0.3) is 5.91 Å². The molecular formula is C53H65FN10O4. The van der Waals surface area contributed by atoms with E-state index in [1.807, 2.05) is 17.0 Å². The third-order valence-corrected chi connectivity index (χ3v) is 15.2. The molecule has 0 spiro atoms. The maximum absolute atomic E-state index is 15.4. The number of halogens is 1. The first kappa shape index (κ1) is 45.7. The maximum atomic E-state index is 15.4. The van der Waals surface area contributed by atoms with Gasteiger partial charge in [-0.3, -0.25) is 29.5 Å². The fourth-order valence-electron chi connectivity index (χ4n) is 11.2. The smallest absolute Gasteiger partial charge is 0.253 e. The molecule has 0 aliphatic carbocycles. The average molecular weight is 925 g/mol. The molecule has 15 heteroatoms. The molecule has 10 rings (SSSR count). The minimum absolute atomic E-state index is 0.123. The van der Waals surface area contributed by atoms with Crippen LogP contribution in [0.1, 0.15) is 96.9 Å². The van der Waals surface area contributed by atoms with Crippen LogP contribution in [-0.4, -0.2) is 125 Å². The maximum Gasteiger partial charge on any atom is 0.253 e. The number of benzene rings is 3. The lowest BCUT2D eigenvalue weighted by Crippen LogP contribution is -2.54. The third-order valence-electron chi connectivity index (χ3n) is 15.2. The van der Waals surface area contributed by atoms with Gasteiger partial charge in [0.1, 0.15) is 30.1 Å². The van der Waals surface area contributed by atoms with E-state index >= 15 is 4.39 Å². The van der Waals surface area contributed by atoms with E-state index in [0.29, 0.717) is 36.2 Å². The van der Waals surface area contributed by atoms with E-state index in [1.54, 1.807) is 19.2 Å². The zero-order valence-electron chi connectivity index (χ0n) is 39.8. The molecular weight excluding hydrogens is 860 g/mol. The predicted molar refractivity (Wildman–Crippen MR) is 264 cm³/mol. The number of imidazole rings is 1. The van der Waals surface area contributed by atoms with E-state index in [4.69, 9.17) is 4.74 Å². The highest BCUT2D eigenvalue weighted by Crippen LogP contribution is 2.38. The number of hydrogen-bond acceptors (Lipinski definition) is 10. The fourth-order valence-corrected chi connectivity index (χ4v) is 11.2. The summed E-state index contributed by atoms with van der Waals surface area (Å²) >= 11 is 0. The first-order valence-corrected chi connectivity index (χ1v) is 24.6. The summed E-state index contributed by atoms with van der Waals surface area (Å²) in [5, 5.41) is 9.13. The van der Waals surface area contributed by atoms with Gasteiger partial charge in [-0.15, -0.1) is 0 Å². The molecule has 7 heterocycles. The molecule has 2 aromatic heterocycles. The number of nitrogens with zero attached hydrogens (tertiary/aromatic N) is 6. The van der Waals surface area contributed by atoms with E-state index in [-0.39, 0.29) is 42.0 Å². The molecule has 4 fully saturated rings. The monoisotopic (exact) mass is 925 g/mol. The minimum atomic E-state index is -0.554. The second-order valence-corrected chi connectivity index (χ2v) is 19.8. The lowest BCUT2D eigenvalue weighted by molar-refractivity contribution is -0.133. The lowest BCUT2D eigenvalue weighted by Gasteiger charge is -2.43. The number of piperidine rings is 3. The number of ether oxygens (including phenoxy) is 1. The van der Waals surface area contributed by atoms with Crippen LogP contribution in [0.4, 0.5) is 21.6 Å². The Hall–Kier alpha value is -6.03. The number of piperazine rings is 1. The zero-order valence-corrected chi connectivity index (χ0v) is 39.8. The summed E-state index contributed by atoms with van der Waals surface area (Å²) in [6.07, 6.45) is 7.10. The summed E-state index contributed by atoms with van der Waals surface area (Å²) in [6, 6.07) is 22.2. The van der Waals surface area contributed by atoms with Crippen molar-refractivity contribution in [2.75, 3.05) is 75.0 Å². The molecule has 3 unspecified atom stereocenters. The Bertz CT molecular complexity index is 2700. The first-order chi connectivity index (χ1) is 33.0. The van der Waals surface area contributed by atoms with Crippen molar-refractivity contribution in [2.45, 2.75) is 89.6 Å². The summed E-state index contributed by atoms with van der Waals surface area (Å²) in [5.74, 6) is 2.12. The number of carbonyl (C=O) groups excluding carboxylic acids is 3. The van der Waals surface area contributed by atoms with E-state index in [0.717, 1.165) is 113 Å². The molecule has 3 amide bonds. The van der Waals surface area contributed by atoms with Gasteiger partial charge in [0.05, 0.1) is 16.7 Å². The van der Waals surface area contributed by atoms with Crippen LogP contribution in [-0.2, 0) is 34.5 Å². The van der Waals surface area contributed by atoms with Gasteiger partial charge in [0.2, 0.25) is 11.8 Å². The summed E-state index contributed by atoms with van der Waals surface area (Å²) in [4.78, 5) is 54.7. The molecule has 4 saturated heterocycles. The van der Waals surface area contributed by atoms with Crippen LogP contribution in [0.5, 0.6) is 0 Å². The van der Waals surface area contributed by atoms with Crippen LogP contribution in [0.25, 0.3) is 16.6 Å². The number of rotatable bonds is 12. The number of H-pyrrole nitrogens is 1. The van der Waals surface area contributed by atoms with Crippen molar-refractivity contribution < 1.29 is 23.5 Å². The Morgan fingerprint density at radius 3 is 2.44 bits per heavy atom. The summed E-state index contributed by atoms with van der Waals surface area (Å²) in [7, 11) is 3.86. The Kier molecular flexibility index (Phi) is 13.1. The number of amides is 3. The van der Waals surface area contributed by atoms with Crippen molar-refractivity contribution in [1.29, 1.82) is 0 Å². The SMILES string of the molecule is COCc1nc2ccc(C3=CC(C)Nc4c3cc(CN3CCC(c5ccc(C(=O)N6CCC(CN7CCN(c8ccc(NC9CCC(=O)NC9=O)cc8F)CC7C)CC6)cc5)CC3)n4C)cc2[nH]1. The molecule has 0 saturated carbocycles. The second-order valence-electron chi connectivity index (χ2n) is 19.8. The quantitative estimate of drug-likeness (QED) is 0.0959. The Labute approximate surface area is 398 Å². The van der Waals surface area contributed by atoms with Gasteiger partial charge in [-0.2, -0.15) is 0 Å². The van der Waals surface area contributed by atoms with Crippen molar-refractivity contribution in [2.24, 2.45) is 13.0 Å². The molecule has 0 radical (unpaired) electrons. The van der Waals surface area contributed by atoms with Crippen molar-refractivity contribution in [3.8, 4) is 0 Å². The number of imide groups is 1. The number of hydrogen-bond donors (Lipinski definition) is 4. The van der Waals surface area contributed by atoms with Gasteiger partial charge in [-0.25, -0.2) is 9.37 Å². The van der Waals surface area contributed by atoms with Gasteiger partial charge in [-0.1, -0.05) is 24.3 Å². The first-order valence-electron chi connectivity index (χ1n) is 24.6. The average Bonchev–Trinajstić information content (AvgIpc) is 3.89.